The summed E-state index contributed by atoms with van der Waals surface area (Å²) >= 11 is 0. The van der Waals surface area contributed by atoms with Gasteiger partial charge in [-0.15, -0.1) is 0 Å². The van der Waals surface area contributed by atoms with Crippen molar-refractivity contribution in [2.45, 2.75) is 24.3 Å². The van der Waals surface area contributed by atoms with Crippen molar-refractivity contribution in [2.24, 2.45) is 0 Å². The van der Waals surface area contributed by atoms with Crippen LogP contribution >= 0.6 is 0 Å². The van der Waals surface area contributed by atoms with Crippen LogP contribution in [0.4, 0.5) is 0 Å². The fourth-order valence-electron chi connectivity index (χ4n) is 3.37. The molecule has 0 heterocycles. The van der Waals surface area contributed by atoms with E-state index in [2.05, 4.69) is 4.74 Å². The van der Waals surface area contributed by atoms with E-state index in [9.17, 15) is 18.0 Å². The number of carboxylic acid groups (broad SMARTS) is 1. The Bertz CT molecular complexity index is 1190. The zero-order chi connectivity index (χ0) is 23.8. The van der Waals surface area contributed by atoms with Crippen LogP contribution in [0.2, 0.25) is 0 Å². The van der Waals surface area contributed by atoms with Crippen LogP contribution in [0.25, 0.3) is 0 Å². The summed E-state index contributed by atoms with van der Waals surface area (Å²) in [5.74, 6) is -1.59. The van der Waals surface area contributed by atoms with Crippen molar-refractivity contribution in [3.05, 3.63) is 101 Å². The lowest BCUT2D eigenvalue weighted by Gasteiger charge is -2.23. The number of esters is 1. The number of rotatable bonds is 10. The number of ether oxygens (including phenoxy) is 1. The van der Waals surface area contributed by atoms with Gasteiger partial charge in [0.05, 0.1) is 23.1 Å². The summed E-state index contributed by atoms with van der Waals surface area (Å²) in [5, 5.41) is 9.10. The zero-order valence-electron chi connectivity index (χ0n) is 18.2. The fraction of sp³-hybridized carbons (Fsp3) is 0.200. The number of nitrogens with zero attached hydrogens (tertiary/aromatic N) is 1. The molecule has 0 bridgehead atoms. The van der Waals surface area contributed by atoms with Crippen molar-refractivity contribution in [3.8, 4) is 0 Å². The molecule has 0 unspecified atom stereocenters. The number of aryl methyl sites for hydroxylation is 1. The first kappa shape index (κ1) is 24.2. The predicted octanol–water partition coefficient (Wildman–Crippen LogP) is 4.00. The van der Waals surface area contributed by atoms with Crippen LogP contribution in [-0.4, -0.2) is 43.4 Å². The first-order valence-corrected chi connectivity index (χ1v) is 11.8. The summed E-state index contributed by atoms with van der Waals surface area (Å²) in [6.07, 6.45) is 1.32. The van der Waals surface area contributed by atoms with Gasteiger partial charge in [-0.25, -0.2) is 18.0 Å². The van der Waals surface area contributed by atoms with E-state index in [-0.39, 0.29) is 29.1 Å². The van der Waals surface area contributed by atoms with E-state index in [0.29, 0.717) is 18.4 Å². The number of carboxylic acids is 1. The maximum absolute atomic E-state index is 13.4. The van der Waals surface area contributed by atoms with E-state index in [1.54, 1.807) is 12.1 Å². The van der Waals surface area contributed by atoms with Gasteiger partial charge in [-0.2, -0.15) is 4.31 Å². The van der Waals surface area contributed by atoms with Crippen LogP contribution in [0.3, 0.4) is 0 Å². The molecule has 8 heteroatoms. The van der Waals surface area contributed by atoms with Crippen molar-refractivity contribution >= 4 is 22.0 Å². The van der Waals surface area contributed by atoms with Crippen LogP contribution in [0.1, 0.15) is 38.3 Å². The molecular weight excluding hydrogens is 442 g/mol. The highest BCUT2D eigenvalue weighted by Gasteiger charge is 2.25. The molecule has 0 spiro atoms. The Morgan fingerprint density at radius 2 is 1.45 bits per heavy atom. The van der Waals surface area contributed by atoms with Crippen LogP contribution in [-0.2, 0) is 27.7 Å². The van der Waals surface area contributed by atoms with Gasteiger partial charge in [0.2, 0.25) is 10.0 Å². The molecule has 0 aliphatic carbocycles. The number of benzene rings is 3. The Labute approximate surface area is 193 Å². The van der Waals surface area contributed by atoms with Crippen molar-refractivity contribution in [1.29, 1.82) is 0 Å². The predicted molar refractivity (Wildman–Crippen MR) is 124 cm³/mol. The molecular formula is C25H25NO6S. The molecule has 7 nitrogen and oxygen atoms in total. The summed E-state index contributed by atoms with van der Waals surface area (Å²) in [6, 6.07) is 21.6. The molecule has 0 atom stereocenters. The lowest BCUT2D eigenvalue weighted by molar-refractivity contribution is 0.0599. The maximum atomic E-state index is 13.4. The molecule has 3 aromatic rings. The SMILES string of the molecule is COC(=O)c1ccc(S(=O)(=O)N(CCCc2ccccc2)Cc2ccc(C(=O)O)cc2)cc1. The topological polar surface area (TPSA) is 101 Å². The van der Waals surface area contributed by atoms with Crippen LogP contribution in [0.5, 0.6) is 0 Å². The Balaban J connectivity index is 1.83. The molecule has 0 saturated heterocycles. The third kappa shape index (κ3) is 6.27. The molecule has 0 aromatic heterocycles. The number of hydrogen-bond acceptors (Lipinski definition) is 5. The molecule has 0 aliphatic rings. The lowest BCUT2D eigenvalue weighted by atomic mass is 10.1. The van der Waals surface area contributed by atoms with Crippen molar-refractivity contribution < 1.29 is 27.9 Å². The number of aromatic carboxylic acids is 1. The first-order valence-electron chi connectivity index (χ1n) is 10.4. The largest absolute Gasteiger partial charge is 0.478 e. The standard InChI is InChI=1S/C25H25NO6S/c1-32-25(29)22-13-15-23(16-14-22)33(30,31)26(17-5-8-19-6-3-2-4-7-19)18-20-9-11-21(12-10-20)24(27)28/h2-4,6-7,9-16H,5,8,17-18H2,1H3,(H,27,28). The van der Waals surface area contributed by atoms with E-state index in [4.69, 9.17) is 5.11 Å². The zero-order valence-corrected chi connectivity index (χ0v) is 19.0. The second kappa shape index (κ2) is 10.9. The summed E-state index contributed by atoms with van der Waals surface area (Å²) < 4.78 is 32.9. The van der Waals surface area contributed by atoms with Gasteiger partial charge in [-0.1, -0.05) is 42.5 Å². The minimum absolute atomic E-state index is 0.0667. The van der Waals surface area contributed by atoms with Gasteiger partial charge in [0.1, 0.15) is 0 Å². The monoisotopic (exact) mass is 467 g/mol. The maximum Gasteiger partial charge on any atom is 0.337 e. The highest BCUT2D eigenvalue weighted by molar-refractivity contribution is 7.89. The Morgan fingerprint density at radius 1 is 0.848 bits per heavy atom. The molecule has 0 fully saturated rings. The minimum Gasteiger partial charge on any atom is -0.478 e. The van der Waals surface area contributed by atoms with E-state index in [0.717, 1.165) is 5.56 Å². The summed E-state index contributed by atoms with van der Waals surface area (Å²) in [6.45, 7) is 0.367. The van der Waals surface area contributed by atoms with E-state index in [1.807, 2.05) is 30.3 Å². The molecule has 0 saturated carbocycles. The molecule has 3 aromatic carbocycles. The van der Waals surface area contributed by atoms with Gasteiger partial charge < -0.3 is 9.84 Å². The third-order valence-corrected chi connectivity index (χ3v) is 7.05. The van der Waals surface area contributed by atoms with Gasteiger partial charge >= 0.3 is 11.9 Å². The van der Waals surface area contributed by atoms with Crippen LogP contribution in [0.15, 0.2) is 83.8 Å². The Morgan fingerprint density at radius 3 is 2.03 bits per heavy atom. The number of carbonyl (C=O) groups excluding carboxylic acids is 1. The van der Waals surface area contributed by atoms with Gasteiger partial charge in [0, 0.05) is 13.1 Å². The number of sulfonamides is 1. The normalized spacial score (nSPS) is 11.3. The smallest absolute Gasteiger partial charge is 0.337 e. The number of methoxy groups -OCH3 is 1. The number of hydrogen-bond donors (Lipinski definition) is 1. The van der Waals surface area contributed by atoms with Gasteiger partial charge in [-0.3, -0.25) is 0 Å². The number of carbonyl (C=O) groups is 2. The molecule has 0 aliphatic heterocycles. The quantitative estimate of drug-likeness (QED) is 0.453. The molecule has 172 valence electrons. The van der Waals surface area contributed by atoms with Crippen LogP contribution < -0.4 is 0 Å². The minimum atomic E-state index is -3.86. The van der Waals surface area contributed by atoms with Crippen molar-refractivity contribution in [1.82, 2.24) is 4.31 Å². The van der Waals surface area contributed by atoms with E-state index in [1.165, 1.54) is 47.8 Å². The average Bonchev–Trinajstić information content (AvgIpc) is 2.84. The average molecular weight is 468 g/mol. The van der Waals surface area contributed by atoms with Crippen LogP contribution in [0, 0.1) is 0 Å². The molecule has 1 N–H and O–H groups in total. The van der Waals surface area contributed by atoms with Crippen molar-refractivity contribution in [2.75, 3.05) is 13.7 Å². The summed E-state index contributed by atoms with van der Waals surface area (Å²) in [5.41, 5.74) is 2.18. The first-order chi connectivity index (χ1) is 15.8. The highest BCUT2D eigenvalue weighted by atomic mass is 32.2. The molecule has 33 heavy (non-hydrogen) atoms. The Kier molecular flexibility index (Phi) is 7.97. The second-order valence-corrected chi connectivity index (χ2v) is 9.38. The fourth-order valence-corrected chi connectivity index (χ4v) is 4.84. The molecule has 0 amide bonds. The Hall–Kier alpha value is -3.49. The molecule has 0 radical (unpaired) electrons. The van der Waals surface area contributed by atoms with Gasteiger partial charge in [0.25, 0.3) is 0 Å². The van der Waals surface area contributed by atoms with Gasteiger partial charge in [-0.05, 0) is 60.4 Å². The third-order valence-electron chi connectivity index (χ3n) is 5.19. The highest BCUT2D eigenvalue weighted by Crippen LogP contribution is 2.21. The van der Waals surface area contributed by atoms with Crippen molar-refractivity contribution in [3.63, 3.8) is 0 Å². The molecule has 3 rings (SSSR count). The summed E-state index contributed by atoms with van der Waals surface area (Å²) in [4.78, 5) is 22.9. The van der Waals surface area contributed by atoms with E-state index < -0.39 is 22.0 Å². The summed E-state index contributed by atoms with van der Waals surface area (Å²) in [7, 11) is -2.60. The van der Waals surface area contributed by atoms with Gasteiger partial charge in [0.15, 0.2) is 0 Å². The van der Waals surface area contributed by atoms with E-state index >= 15 is 0 Å². The lowest BCUT2D eigenvalue weighted by Crippen LogP contribution is -2.32. The second-order valence-electron chi connectivity index (χ2n) is 7.45.